The monoisotopic (exact) mass is 225 g/mol. The minimum absolute atomic E-state index is 0.383. The Morgan fingerprint density at radius 2 is 2.07 bits per heavy atom. The molecule has 3 nitrogen and oxygen atoms in total. The number of nitrogens with two attached hydrogens (primary N) is 1. The van der Waals surface area contributed by atoms with E-state index in [1.54, 1.807) is 18.7 Å². The summed E-state index contributed by atoms with van der Waals surface area (Å²) in [6, 6.07) is 9.82. The summed E-state index contributed by atoms with van der Waals surface area (Å²) >= 11 is 1.55. The van der Waals surface area contributed by atoms with Gasteiger partial charge in [0.2, 0.25) is 0 Å². The summed E-state index contributed by atoms with van der Waals surface area (Å²) < 4.78 is 4.63. The number of carbonyl (C=O) groups excluding carboxylic acids is 1. The molecular formula is C11H15NO2S. The lowest BCUT2D eigenvalue weighted by molar-refractivity contribution is -0.145. The molecule has 0 heterocycles. The summed E-state index contributed by atoms with van der Waals surface area (Å²) in [6.45, 7) is 1.68. The molecule has 82 valence electrons. The van der Waals surface area contributed by atoms with Crippen molar-refractivity contribution in [2.45, 2.75) is 17.4 Å². The van der Waals surface area contributed by atoms with Crippen LogP contribution in [-0.4, -0.2) is 24.4 Å². The molecule has 15 heavy (non-hydrogen) atoms. The van der Waals surface area contributed by atoms with Crippen molar-refractivity contribution in [1.29, 1.82) is 0 Å². The first-order valence-corrected chi connectivity index (χ1v) is 5.60. The number of hydrogen-bond acceptors (Lipinski definition) is 4. The van der Waals surface area contributed by atoms with Crippen molar-refractivity contribution in [3.63, 3.8) is 0 Å². The quantitative estimate of drug-likeness (QED) is 0.625. The van der Waals surface area contributed by atoms with Crippen molar-refractivity contribution in [2.24, 2.45) is 5.73 Å². The van der Waals surface area contributed by atoms with E-state index >= 15 is 0 Å². The standard InChI is InChI=1S/C11H15NO2S/c1-11(12,10(13)14-2)8-15-9-6-4-3-5-7-9/h3-7H,8,12H2,1-2H3. The Morgan fingerprint density at radius 3 is 2.60 bits per heavy atom. The van der Waals surface area contributed by atoms with Gasteiger partial charge in [-0.2, -0.15) is 0 Å². The molecule has 0 bridgehead atoms. The first kappa shape index (κ1) is 12.1. The van der Waals surface area contributed by atoms with E-state index in [0.29, 0.717) is 5.75 Å². The summed E-state index contributed by atoms with van der Waals surface area (Å²) in [5.74, 6) is 0.120. The van der Waals surface area contributed by atoms with Crippen molar-refractivity contribution >= 4 is 17.7 Å². The lowest BCUT2D eigenvalue weighted by Crippen LogP contribution is -2.48. The van der Waals surface area contributed by atoms with Gasteiger partial charge in [0.25, 0.3) is 0 Å². The fraction of sp³-hybridized carbons (Fsp3) is 0.364. The van der Waals surface area contributed by atoms with Crippen molar-refractivity contribution in [2.75, 3.05) is 12.9 Å². The zero-order valence-corrected chi connectivity index (χ0v) is 9.71. The SMILES string of the molecule is COC(=O)C(C)(N)CSc1ccccc1. The molecular weight excluding hydrogens is 210 g/mol. The van der Waals surface area contributed by atoms with Crippen LogP contribution in [0.4, 0.5) is 0 Å². The van der Waals surface area contributed by atoms with Crippen LogP contribution >= 0.6 is 11.8 Å². The van der Waals surface area contributed by atoms with Gasteiger partial charge in [0.1, 0.15) is 5.54 Å². The Hall–Kier alpha value is -1.00. The maximum absolute atomic E-state index is 11.3. The van der Waals surface area contributed by atoms with Gasteiger partial charge < -0.3 is 10.5 Å². The third-order valence-electron chi connectivity index (χ3n) is 1.93. The van der Waals surface area contributed by atoms with Gasteiger partial charge in [-0.3, -0.25) is 4.79 Å². The predicted molar refractivity (Wildman–Crippen MR) is 61.8 cm³/mol. The number of hydrogen-bond donors (Lipinski definition) is 1. The first-order valence-electron chi connectivity index (χ1n) is 4.61. The summed E-state index contributed by atoms with van der Waals surface area (Å²) in [5.41, 5.74) is 4.89. The average molecular weight is 225 g/mol. The molecule has 0 aliphatic heterocycles. The lowest BCUT2D eigenvalue weighted by atomic mass is 10.1. The molecule has 2 N–H and O–H groups in total. The Balaban J connectivity index is 2.53. The van der Waals surface area contributed by atoms with Gasteiger partial charge in [-0.15, -0.1) is 11.8 Å². The highest BCUT2D eigenvalue weighted by Gasteiger charge is 2.29. The second kappa shape index (κ2) is 5.19. The van der Waals surface area contributed by atoms with Crippen LogP contribution in [0.1, 0.15) is 6.92 Å². The smallest absolute Gasteiger partial charge is 0.326 e. The van der Waals surface area contributed by atoms with Crippen molar-refractivity contribution in [3.05, 3.63) is 30.3 Å². The molecule has 0 aliphatic rings. The van der Waals surface area contributed by atoms with Crippen LogP contribution in [0.25, 0.3) is 0 Å². The number of esters is 1. The molecule has 0 radical (unpaired) electrons. The molecule has 0 aliphatic carbocycles. The molecule has 1 aromatic rings. The number of methoxy groups -OCH3 is 1. The second-order valence-electron chi connectivity index (χ2n) is 3.51. The highest BCUT2D eigenvalue weighted by atomic mass is 32.2. The zero-order chi connectivity index (χ0) is 11.3. The molecule has 0 aromatic heterocycles. The summed E-state index contributed by atoms with van der Waals surface area (Å²) in [6.07, 6.45) is 0. The minimum Gasteiger partial charge on any atom is -0.468 e. The van der Waals surface area contributed by atoms with Crippen LogP contribution in [0.2, 0.25) is 0 Å². The van der Waals surface area contributed by atoms with Crippen molar-refractivity contribution in [1.82, 2.24) is 0 Å². The number of rotatable bonds is 4. The fourth-order valence-corrected chi connectivity index (χ4v) is 1.98. The predicted octanol–water partition coefficient (Wildman–Crippen LogP) is 1.67. The average Bonchev–Trinajstić information content (AvgIpc) is 2.27. The van der Waals surface area contributed by atoms with Crippen LogP contribution in [0.3, 0.4) is 0 Å². The Morgan fingerprint density at radius 1 is 1.47 bits per heavy atom. The van der Waals surface area contributed by atoms with Crippen LogP contribution in [0, 0.1) is 0 Å². The van der Waals surface area contributed by atoms with Gasteiger partial charge >= 0.3 is 5.97 Å². The lowest BCUT2D eigenvalue weighted by Gasteiger charge is -2.20. The second-order valence-corrected chi connectivity index (χ2v) is 4.56. The summed E-state index contributed by atoms with van der Waals surface area (Å²) in [5, 5.41) is 0. The van der Waals surface area contributed by atoms with E-state index < -0.39 is 5.54 Å². The third-order valence-corrected chi connectivity index (χ3v) is 3.28. The highest BCUT2D eigenvalue weighted by Crippen LogP contribution is 2.21. The van der Waals surface area contributed by atoms with E-state index in [1.165, 1.54) is 7.11 Å². The fourth-order valence-electron chi connectivity index (χ4n) is 1.04. The molecule has 4 heteroatoms. The van der Waals surface area contributed by atoms with Crippen LogP contribution in [0.15, 0.2) is 35.2 Å². The molecule has 1 unspecified atom stereocenters. The van der Waals surface area contributed by atoms with Gasteiger partial charge in [-0.25, -0.2) is 0 Å². The van der Waals surface area contributed by atoms with Gasteiger partial charge in [0.05, 0.1) is 7.11 Å². The number of ether oxygens (including phenoxy) is 1. The van der Waals surface area contributed by atoms with E-state index in [1.807, 2.05) is 30.3 Å². The van der Waals surface area contributed by atoms with Crippen molar-refractivity contribution < 1.29 is 9.53 Å². The normalized spacial score (nSPS) is 14.3. The topological polar surface area (TPSA) is 52.3 Å². The molecule has 0 amide bonds. The maximum Gasteiger partial charge on any atom is 0.326 e. The molecule has 0 saturated heterocycles. The van der Waals surface area contributed by atoms with E-state index in [0.717, 1.165) is 4.90 Å². The molecule has 1 aromatic carbocycles. The molecule has 0 spiro atoms. The highest BCUT2D eigenvalue weighted by molar-refractivity contribution is 7.99. The number of thioether (sulfide) groups is 1. The maximum atomic E-state index is 11.3. The van der Waals surface area contributed by atoms with E-state index in [2.05, 4.69) is 4.74 Å². The summed E-state index contributed by atoms with van der Waals surface area (Å²) in [4.78, 5) is 12.4. The zero-order valence-electron chi connectivity index (χ0n) is 8.90. The largest absolute Gasteiger partial charge is 0.468 e. The van der Waals surface area contributed by atoms with Gasteiger partial charge in [0, 0.05) is 10.6 Å². The van der Waals surface area contributed by atoms with E-state index in [-0.39, 0.29) is 5.97 Å². The van der Waals surface area contributed by atoms with Crippen LogP contribution < -0.4 is 5.73 Å². The summed E-state index contributed by atoms with van der Waals surface area (Å²) in [7, 11) is 1.35. The number of carbonyl (C=O) groups is 1. The molecule has 0 fully saturated rings. The van der Waals surface area contributed by atoms with Gasteiger partial charge in [-0.05, 0) is 19.1 Å². The van der Waals surface area contributed by atoms with Gasteiger partial charge in [-0.1, -0.05) is 18.2 Å². The van der Waals surface area contributed by atoms with Crippen LogP contribution in [0.5, 0.6) is 0 Å². The van der Waals surface area contributed by atoms with Gasteiger partial charge in [0.15, 0.2) is 0 Å². The Kier molecular flexibility index (Phi) is 4.17. The minimum atomic E-state index is -0.935. The molecule has 0 saturated carbocycles. The Bertz CT molecular complexity index is 325. The molecule has 1 rings (SSSR count). The molecule has 1 atom stereocenters. The Labute approximate surface area is 94.0 Å². The third kappa shape index (κ3) is 3.57. The first-order chi connectivity index (χ1) is 7.06. The van der Waals surface area contributed by atoms with E-state index in [9.17, 15) is 4.79 Å². The van der Waals surface area contributed by atoms with Crippen LogP contribution in [-0.2, 0) is 9.53 Å². The number of benzene rings is 1. The van der Waals surface area contributed by atoms with E-state index in [4.69, 9.17) is 5.73 Å². The van der Waals surface area contributed by atoms with Crippen molar-refractivity contribution in [3.8, 4) is 0 Å².